The lowest BCUT2D eigenvalue weighted by atomic mass is 10.1. The normalized spacial score (nSPS) is 13.4. The van der Waals surface area contributed by atoms with Crippen LogP contribution in [0.4, 0.5) is 4.79 Å². The summed E-state index contributed by atoms with van der Waals surface area (Å²) in [6.07, 6.45) is 0. The van der Waals surface area contributed by atoms with Gasteiger partial charge in [0.05, 0.1) is 12.6 Å². The van der Waals surface area contributed by atoms with Crippen LogP contribution in [-0.2, 0) is 4.79 Å². The van der Waals surface area contributed by atoms with Crippen molar-refractivity contribution in [1.29, 1.82) is 0 Å². The number of hydrogen-bond donors (Lipinski definition) is 4. The zero-order valence-electron chi connectivity index (χ0n) is 10.3. The van der Waals surface area contributed by atoms with Gasteiger partial charge in [-0.25, -0.2) is 9.59 Å². The van der Waals surface area contributed by atoms with E-state index in [2.05, 4.69) is 10.6 Å². The van der Waals surface area contributed by atoms with Gasteiger partial charge in [-0.05, 0) is 24.6 Å². The number of carbonyl (C=O) groups is 2. The zero-order chi connectivity index (χ0) is 14.4. The first-order valence-electron chi connectivity index (χ1n) is 5.60. The molecule has 0 aliphatic carbocycles. The fourth-order valence-electron chi connectivity index (χ4n) is 1.44. The fourth-order valence-corrected chi connectivity index (χ4v) is 1.64. The molecule has 104 valence electrons. The molecule has 2 amide bonds. The summed E-state index contributed by atoms with van der Waals surface area (Å²) in [6, 6.07) is 4.61. The predicted octanol–water partition coefficient (Wildman–Crippen LogP) is 1.15. The number of benzene rings is 1. The summed E-state index contributed by atoms with van der Waals surface area (Å²) < 4.78 is 0. The molecule has 1 unspecified atom stereocenters. The standard InChI is InChI=1S/C12H15ClN2O4/c1-7(8-3-2-4-9(13)5-8)14-12(19)15-10(6-16)11(17)18/h2-5,7,10,16H,6H2,1H3,(H,17,18)(H2,14,15,19)/t7?,10-/m0/s1. The zero-order valence-corrected chi connectivity index (χ0v) is 11.0. The molecule has 1 aromatic carbocycles. The second-order valence-electron chi connectivity index (χ2n) is 3.97. The van der Waals surface area contributed by atoms with Gasteiger partial charge in [-0.2, -0.15) is 0 Å². The molecule has 7 heteroatoms. The minimum absolute atomic E-state index is 0.341. The number of hydrogen-bond acceptors (Lipinski definition) is 3. The van der Waals surface area contributed by atoms with Gasteiger partial charge < -0.3 is 20.8 Å². The molecule has 6 nitrogen and oxygen atoms in total. The van der Waals surface area contributed by atoms with Crippen molar-refractivity contribution in [2.75, 3.05) is 6.61 Å². The van der Waals surface area contributed by atoms with Crippen molar-refractivity contribution in [2.45, 2.75) is 19.0 Å². The van der Waals surface area contributed by atoms with Crippen LogP contribution in [0.3, 0.4) is 0 Å². The van der Waals surface area contributed by atoms with Gasteiger partial charge in [-0.1, -0.05) is 23.7 Å². The highest BCUT2D eigenvalue weighted by Gasteiger charge is 2.19. The third-order valence-corrected chi connectivity index (χ3v) is 2.72. The van der Waals surface area contributed by atoms with Gasteiger partial charge in [-0.15, -0.1) is 0 Å². The molecule has 0 aromatic heterocycles. The lowest BCUT2D eigenvalue weighted by molar-refractivity contribution is -0.140. The minimum Gasteiger partial charge on any atom is -0.480 e. The van der Waals surface area contributed by atoms with Gasteiger partial charge in [0.1, 0.15) is 0 Å². The van der Waals surface area contributed by atoms with Crippen LogP contribution in [0.1, 0.15) is 18.5 Å². The summed E-state index contributed by atoms with van der Waals surface area (Å²) in [5.74, 6) is -1.30. The van der Waals surface area contributed by atoms with Crippen molar-refractivity contribution >= 4 is 23.6 Å². The Morgan fingerprint density at radius 1 is 1.37 bits per heavy atom. The molecule has 2 atom stereocenters. The Kier molecular flexibility index (Phi) is 5.59. The van der Waals surface area contributed by atoms with E-state index in [1.54, 1.807) is 31.2 Å². The van der Waals surface area contributed by atoms with Gasteiger partial charge in [0.15, 0.2) is 6.04 Å². The number of nitrogens with one attached hydrogen (secondary N) is 2. The molecule has 0 fully saturated rings. The number of aliphatic carboxylic acids is 1. The third-order valence-electron chi connectivity index (χ3n) is 2.48. The average Bonchev–Trinajstić information content (AvgIpc) is 2.35. The summed E-state index contributed by atoms with van der Waals surface area (Å²) >= 11 is 5.83. The third kappa shape index (κ3) is 4.76. The molecule has 0 radical (unpaired) electrons. The highest BCUT2D eigenvalue weighted by atomic mass is 35.5. The predicted molar refractivity (Wildman–Crippen MR) is 70.0 cm³/mol. The number of carbonyl (C=O) groups excluding carboxylic acids is 1. The van der Waals surface area contributed by atoms with Crippen LogP contribution in [0.2, 0.25) is 5.02 Å². The van der Waals surface area contributed by atoms with Crippen LogP contribution in [0.5, 0.6) is 0 Å². The number of halogens is 1. The summed E-state index contributed by atoms with van der Waals surface area (Å²) in [5.41, 5.74) is 0.790. The number of urea groups is 1. The number of aliphatic hydroxyl groups is 1. The molecule has 1 aromatic rings. The Bertz CT molecular complexity index is 467. The fraction of sp³-hybridized carbons (Fsp3) is 0.333. The van der Waals surface area contributed by atoms with E-state index in [0.717, 1.165) is 5.56 Å². The second kappa shape index (κ2) is 6.96. The monoisotopic (exact) mass is 286 g/mol. The number of carboxylic acids is 1. The van der Waals surface area contributed by atoms with Gasteiger partial charge >= 0.3 is 12.0 Å². The first-order valence-corrected chi connectivity index (χ1v) is 5.98. The molecule has 0 heterocycles. The molecule has 0 aliphatic rings. The molecular formula is C12H15ClN2O4. The van der Waals surface area contributed by atoms with Crippen molar-refractivity contribution < 1.29 is 19.8 Å². The molecule has 19 heavy (non-hydrogen) atoms. The molecule has 0 saturated carbocycles. The Morgan fingerprint density at radius 2 is 2.05 bits per heavy atom. The first-order chi connectivity index (χ1) is 8.93. The molecule has 0 bridgehead atoms. The number of aliphatic hydroxyl groups excluding tert-OH is 1. The van der Waals surface area contributed by atoms with Gasteiger partial charge in [0, 0.05) is 5.02 Å². The topological polar surface area (TPSA) is 98.7 Å². The highest BCUT2D eigenvalue weighted by molar-refractivity contribution is 6.30. The Balaban J connectivity index is 2.59. The second-order valence-corrected chi connectivity index (χ2v) is 4.40. The summed E-state index contributed by atoms with van der Waals surface area (Å²) in [4.78, 5) is 22.2. The Hall–Kier alpha value is -1.79. The summed E-state index contributed by atoms with van der Waals surface area (Å²) in [7, 11) is 0. The average molecular weight is 287 g/mol. The van der Waals surface area contributed by atoms with Gasteiger partial charge in [0.25, 0.3) is 0 Å². The van der Waals surface area contributed by atoms with E-state index in [4.69, 9.17) is 21.8 Å². The lowest BCUT2D eigenvalue weighted by Crippen LogP contribution is -2.48. The molecule has 0 saturated heterocycles. The first kappa shape index (κ1) is 15.3. The number of amides is 2. The van der Waals surface area contributed by atoms with E-state index in [1.807, 2.05) is 0 Å². The van der Waals surface area contributed by atoms with E-state index in [9.17, 15) is 9.59 Å². The highest BCUT2D eigenvalue weighted by Crippen LogP contribution is 2.17. The van der Waals surface area contributed by atoms with Crippen molar-refractivity contribution in [2.24, 2.45) is 0 Å². The lowest BCUT2D eigenvalue weighted by Gasteiger charge is -2.17. The molecule has 1 rings (SSSR count). The van der Waals surface area contributed by atoms with Crippen LogP contribution in [0.25, 0.3) is 0 Å². The molecular weight excluding hydrogens is 272 g/mol. The maximum atomic E-state index is 11.6. The van der Waals surface area contributed by atoms with E-state index >= 15 is 0 Å². The van der Waals surface area contributed by atoms with Crippen LogP contribution in [0, 0.1) is 0 Å². The number of carboxylic acid groups (broad SMARTS) is 1. The van der Waals surface area contributed by atoms with E-state index in [1.165, 1.54) is 0 Å². The SMILES string of the molecule is CC(NC(=O)N[C@@H](CO)C(=O)O)c1cccc(Cl)c1. The van der Waals surface area contributed by atoms with Crippen molar-refractivity contribution in [3.05, 3.63) is 34.9 Å². The van der Waals surface area contributed by atoms with Crippen molar-refractivity contribution in [1.82, 2.24) is 10.6 Å². The minimum atomic E-state index is -1.33. The van der Waals surface area contributed by atoms with Crippen LogP contribution < -0.4 is 10.6 Å². The molecule has 4 N–H and O–H groups in total. The van der Waals surface area contributed by atoms with E-state index in [-0.39, 0.29) is 6.04 Å². The van der Waals surface area contributed by atoms with Gasteiger partial charge in [0.2, 0.25) is 0 Å². The van der Waals surface area contributed by atoms with Gasteiger partial charge in [-0.3, -0.25) is 0 Å². The summed E-state index contributed by atoms with van der Waals surface area (Å²) in [5, 5.41) is 22.7. The largest absolute Gasteiger partial charge is 0.480 e. The Morgan fingerprint density at radius 3 is 2.58 bits per heavy atom. The van der Waals surface area contributed by atoms with Crippen LogP contribution >= 0.6 is 11.6 Å². The Labute approximate surface area is 115 Å². The van der Waals surface area contributed by atoms with Crippen molar-refractivity contribution in [3.63, 3.8) is 0 Å². The van der Waals surface area contributed by atoms with Crippen LogP contribution in [0.15, 0.2) is 24.3 Å². The van der Waals surface area contributed by atoms with E-state index < -0.39 is 24.6 Å². The maximum Gasteiger partial charge on any atom is 0.328 e. The van der Waals surface area contributed by atoms with E-state index in [0.29, 0.717) is 5.02 Å². The summed E-state index contributed by atoms with van der Waals surface area (Å²) in [6.45, 7) is 1.06. The molecule has 0 spiro atoms. The smallest absolute Gasteiger partial charge is 0.328 e. The quantitative estimate of drug-likeness (QED) is 0.652. The van der Waals surface area contributed by atoms with Crippen LogP contribution in [-0.4, -0.2) is 34.9 Å². The number of rotatable bonds is 5. The van der Waals surface area contributed by atoms with Crippen molar-refractivity contribution in [3.8, 4) is 0 Å². The maximum absolute atomic E-state index is 11.6. The molecule has 0 aliphatic heterocycles.